The third kappa shape index (κ3) is 3.94. The van der Waals surface area contributed by atoms with Crippen LogP contribution in [-0.2, 0) is 9.09 Å². The number of hydrogen-bond donors (Lipinski definition) is 1. The summed E-state index contributed by atoms with van der Waals surface area (Å²) in [6.07, 6.45) is 0.836. The van der Waals surface area contributed by atoms with Crippen LogP contribution in [-0.4, -0.2) is 11.0 Å². The molecule has 0 aromatic heterocycles. The fourth-order valence-corrected chi connectivity index (χ4v) is 1.07. The predicted molar refractivity (Wildman–Crippen MR) is 39.8 cm³/mol. The minimum absolute atomic E-state index is 0.126. The molecule has 61 valence electrons. The van der Waals surface area contributed by atoms with Gasteiger partial charge in [-0.3, -0.25) is 9.42 Å². The van der Waals surface area contributed by atoms with E-state index >= 15 is 0 Å². The second kappa shape index (κ2) is 4.78. The molecule has 0 aliphatic rings. The van der Waals surface area contributed by atoms with Crippen LogP contribution in [0.1, 0.15) is 27.2 Å². The minimum atomic E-state index is -2.43. The van der Waals surface area contributed by atoms with Gasteiger partial charge in [0.15, 0.2) is 0 Å². The summed E-state index contributed by atoms with van der Waals surface area (Å²) in [5, 5.41) is 0. The van der Waals surface area contributed by atoms with Gasteiger partial charge in [-0.05, 0) is 12.8 Å². The van der Waals surface area contributed by atoms with Crippen molar-refractivity contribution in [2.24, 2.45) is 5.92 Å². The third-order valence-corrected chi connectivity index (χ3v) is 2.21. The zero-order chi connectivity index (χ0) is 8.15. The Hall–Kier alpha value is 0.0200. The second-order valence-corrected chi connectivity index (χ2v) is 3.12. The Balaban J connectivity index is 3.61. The highest BCUT2D eigenvalue weighted by atomic mass is 31.1. The van der Waals surface area contributed by atoms with E-state index in [0.29, 0.717) is 5.92 Å². The first kappa shape index (κ1) is 10.0. The van der Waals surface area contributed by atoms with Gasteiger partial charge in [-0.2, -0.15) is 0 Å². The van der Waals surface area contributed by atoms with Crippen molar-refractivity contribution in [3.05, 3.63) is 0 Å². The molecule has 0 saturated heterocycles. The lowest BCUT2D eigenvalue weighted by Crippen LogP contribution is -2.13. The highest BCUT2D eigenvalue weighted by Crippen LogP contribution is 2.23. The van der Waals surface area contributed by atoms with Crippen LogP contribution in [0.4, 0.5) is 0 Å². The standard InChI is InChI=1S/C6H14O3P/c1-4-5(2)6(3)9-10(7)8/h5-6H,4H2,1-3H3,(H,7,8). The second-order valence-electron chi connectivity index (χ2n) is 2.43. The van der Waals surface area contributed by atoms with Crippen molar-refractivity contribution in [2.45, 2.75) is 33.3 Å². The van der Waals surface area contributed by atoms with E-state index in [9.17, 15) is 4.57 Å². The molecule has 0 fully saturated rings. The fourth-order valence-electron chi connectivity index (χ4n) is 0.578. The Morgan fingerprint density at radius 1 is 1.60 bits per heavy atom. The molecule has 0 aromatic rings. The Labute approximate surface area is 62.3 Å². The molecular weight excluding hydrogens is 151 g/mol. The summed E-state index contributed by atoms with van der Waals surface area (Å²) < 4.78 is 14.8. The van der Waals surface area contributed by atoms with Crippen LogP contribution >= 0.6 is 8.25 Å². The van der Waals surface area contributed by atoms with E-state index in [1.807, 2.05) is 13.8 Å². The highest BCUT2D eigenvalue weighted by Gasteiger charge is 2.12. The Morgan fingerprint density at radius 2 is 2.10 bits per heavy atom. The molecule has 10 heavy (non-hydrogen) atoms. The van der Waals surface area contributed by atoms with E-state index in [1.165, 1.54) is 0 Å². The van der Waals surface area contributed by atoms with Crippen molar-refractivity contribution in [3.8, 4) is 0 Å². The van der Waals surface area contributed by atoms with Gasteiger partial charge in [0, 0.05) is 0 Å². The molecule has 1 radical (unpaired) electrons. The van der Waals surface area contributed by atoms with Crippen LogP contribution in [0.3, 0.4) is 0 Å². The molecule has 0 aromatic carbocycles. The lowest BCUT2D eigenvalue weighted by atomic mass is 10.0. The van der Waals surface area contributed by atoms with E-state index in [0.717, 1.165) is 6.42 Å². The van der Waals surface area contributed by atoms with E-state index < -0.39 is 8.25 Å². The molecule has 0 amide bonds. The lowest BCUT2D eigenvalue weighted by Gasteiger charge is -2.15. The van der Waals surface area contributed by atoms with Gasteiger partial charge in [0.1, 0.15) is 0 Å². The molecule has 0 rings (SSSR count). The first-order chi connectivity index (χ1) is 4.57. The average molecular weight is 165 g/mol. The van der Waals surface area contributed by atoms with Crippen LogP contribution in [0.25, 0.3) is 0 Å². The van der Waals surface area contributed by atoms with Crippen LogP contribution in [0, 0.1) is 5.92 Å². The van der Waals surface area contributed by atoms with Gasteiger partial charge in [-0.15, -0.1) is 0 Å². The van der Waals surface area contributed by atoms with Crippen LogP contribution in [0.5, 0.6) is 0 Å². The third-order valence-electron chi connectivity index (χ3n) is 1.70. The lowest BCUT2D eigenvalue weighted by molar-refractivity contribution is 0.149. The van der Waals surface area contributed by atoms with Crippen molar-refractivity contribution in [2.75, 3.05) is 0 Å². The van der Waals surface area contributed by atoms with Gasteiger partial charge < -0.3 is 0 Å². The zero-order valence-electron chi connectivity index (χ0n) is 6.57. The largest absolute Gasteiger partial charge is 0.366 e. The molecule has 0 spiro atoms. The van der Waals surface area contributed by atoms with Crippen LogP contribution in [0.15, 0.2) is 0 Å². The van der Waals surface area contributed by atoms with E-state index in [1.54, 1.807) is 6.92 Å². The van der Waals surface area contributed by atoms with Gasteiger partial charge in [0.05, 0.1) is 6.10 Å². The SMILES string of the molecule is CCC(C)C(C)O[P](=O)O. The molecular formula is C6H14O3P. The quantitative estimate of drug-likeness (QED) is 0.649. The van der Waals surface area contributed by atoms with Gasteiger partial charge in [-0.1, -0.05) is 20.3 Å². The Morgan fingerprint density at radius 3 is 2.40 bits per heavy atom. The summed E-state index contributed by atoms with van der Waals surface area (Å²) >= 11 is 0. The number of hydrogen-bond acceptors (Lipinski definition) is 2. The van der Waals surface area contributed by atoms with Crippen molar-refractivity contribution >= 4 is 8.25 Å². The molecule has 0 saturated carbocycles. The number of rotatable bonds is 4. The maximum atomic E-state index is 10.2. The summed E-state index contributed by atoms with van der Waals surface area (Å²) in [7, 11) is -2.43. The van der Waals surface area contributed by atoms with E-state index in [2.05, 4.69) is 4.52 Å². The van der Waals surface area contributed by atoms with Gasteiger partial charge >= 0.3 is 8.25 Å². The summed E-state index contributed by atoms with van der Waals surface area (Å²) in [6.45, 7) is 5.82. The van der Waals surface area contributed by atoms with Crippen molar-refractivity contribution in [1.82, 2.24) is 0 Å². The molecule has 1 N–H and O–H groups in total. The summed E-state index contributed by atoms with van der Waals surface area (Å²) in [5.41, 5.74) is 0. The minimum Gasteiger partial charge on any atom is -0.298 e. The molecule has 3 atom stereocenters. The molecule has 3 nitrogen and oxygen atoms in total. The zero-order valence-corrected chi connectivity index (χ0v) is 7.47. The maximum absolute atomic E-state index is 10.2. The van der Waals surface area contributed by atoms with Gasteiger partial charge in [-0.25, -0.2) is 4.57 Å². The van der Waals surface area contributed by atoms with Crippen molar-refractivity contribution in [3.63, 3.8) is 0 Å². The fraction of sp³-hybridized carbons (Fsp3) is 1.00. The molecule has 0 bridgehead atoms. The summed E-state index contributed by atoms with van der Waals surface area (Å²) in [5.74, 6) is 0.339. The van der Waals surface area contributed by atoms with Crippen molar-refractivity contribution < 1.29 is 14.0 Å². The molecule has 4 heteroatoms. The summed E-state index contributed by atoms with van der Waals surface area (Å²) in [6, 6.07) is 0. The van der Waals surface area contributed by atoms with E-state index in [-0.39, 0.29) is 6.10 Å². The van der Waals surface area contributed by atoms with Gasteiger partial charge in [0.2, 0.25) is 0 Å². The maximum Gasteiger partial charge on any atom is 0.366 e. The molecule has 0 heterocycles. The molecule has 0 aliphatic heterocycles. The smallest absolute Gasteiger partial charge is 0.298 e. The first-order valence-electron chi connectivity index (χ1n) is 3.40. The highest BCUT2D eigenvalue weighted by molar-refractivity contribution is 7.32. The average Bonchev–Trinajstić information content (AvgIpc) is 1.85. The Bertz CT molecular complexity index is 116. The van der Waals surface area contributed by atoms with E-state index in [4.69, 9.17) is 4.89 Å². The summed E-state index contributed by atoms with van der Waals surface area (Å²) in [4.78, 5) is 8.35. The van der Waals surface area contributed by atoms with Crippen molar-refractivity contribution in [1.29, 1.82) is 0 Å². The molecule has 3 unspecified atom stereocenters. The molecule has 0 aliphatic carbocycles. The topological polar surface area (TPSA) is 46.5 Å². The normalized spacial score (nSPS) is 18.2. The van der Waals surface area contributed by atoms with Gasteiger partial charge in [0.25, 0.3) is 0 Å². The predicted octanol–water partition coefficient (Wildman–Crippen LogP) is 2.09. The Kier molecular flexibility index (Phi) is 4.79. The van der Waals surface area contributed by atoms with Crippen LogP contribution in [0.2, 0.25) is 0 Å². The van der Waals surface area contributed by atoms with Crippen LogP contribution < -0.4 is 0 Å². The monoisotopic (exact) mass is 165 g/mol. The first-order valence-corrected chi connectivity index (χ1v) is 4.53.